The van der Waals surface area contributed by atoms with Crippen LogP contribution in [0.5, 0.6) is 11.5 Å². The van der Waals surface area contributed by atoms with E-state index >= 15 is 0 Å². The van der Waals surface area contributed by atoms with Crippen molar-refractivity contribution < 1.29 is 14.3 Å². The van der Waals surface area contributed by atoms with Gasteiger partial charge >= 0.3 is 0 Å². The van der Waals surface area contributed by atoms with Crippen LogP contribution in [0.1, 0.15) is 29.4 Å². The van der Waals surface area contributed by atoms with Crippen LogP contribution in [0.3, 0.4) is 0 Å². The van der Waals surface area contributed by atoms with Crippen molar-refractivity contribution in [3.05, 3.63) is 65.9 Å². The van der Waals surface area contributed by atoms with Crippen molar-refractivity contribution in [1.82, 2.24) is 15.5 Å². The highest BCUT2D eigenvalue weighted by molar-refractivity contribution is 5.93. The number of nitrogens with zero attached hydrogens (tertiary/aromatic N) is 1. The van der Waals surface area contributed by atoms with Crippen molar-refractivity contribution in [3.63, 3.8) is 0 Å². The topological polar surface area (TPSA) is 76.2 Å². The standard InChI is InChI=1S/C21H23N3O3/c1-3-11-27-17-9-7-15(8-10-17)14-22-21(25)20-13-19(23-24-20)16-5-4-6-18(12-16)26-2/h4-10,12-13H,3,11,14H2,1-2H3,(H,22,25)(H,23,24). The summed E-state index contributed by atoms with van der Waals surface area (Å²) in [5.41, 5.74) is 2.99. The summed E-state index contributed by atoms with van der Waals surface area (Å²) in [4.78, 5) is 12.4. The third kappa shape index (κ3) is 4.88. The van der Waals surface area contributed by atoms with Crippen LogP contribution >= 0.6 is 0 Å². The Morgan fingerprint density at radius 1 is 1.11 bits per heavy atom. The van der Waals surface area contributed by atoms with Gasteiger partial charge in [0.25, 0.3) is 5.91 Å². The summed E-state index contributed by atoms with van der Waals surface area (Å²) in [5.74, 6) is 1.37. The number of amides is 1. The molecule has 1 heterocycles. The highest BCUT2D eigenvalue weighted by Crippen LogP contribution is 2.22. The smallest absolute Gasteiger partial charge is 0.269 e. The van der Waals surface area contributed by atoms with Gasteiger partial charge in [0.1, 0.15) is 17.2 Å². The van der Waals surface area contributed by atoms with Gasteiger partial charge in [0, 0.05) is 12.1 Å². The predicted octanol–water partition coefficient (Wildman–Crippen LogP) is 3.80. The Kier molecular flexibility index (Phi) is 6.10. The molecule has 0 unspecified atom stereocenters. The first-order valence-corrected chi connectivity index (χ1v) is 8.89. The summed E-state index contributed by atoms with van der Waals surface area (Å²) in [6.45, 7) is 3.20. The van der Waals surface area contributed by atoms with Crippen LogP contribution in [0.15, 0.2) is 54.6 Å². The Morgan fingerprint density at radius 3 is 2.67 bits per heavy atom. The third-order valence-corrected chi connectivity index (χ3v) is 4.04. The van der Waals surface area contributed by atoms with Gasteiger partial charge < -0.3 is 14.8 Å². The lowest BCUT2D eigenvalue weighted by atomic mass is 10.1. The maximum Gasteiger partial charge on any atom is 0.269 e. The number of hydrogen-bond acceptors (Lipinski definition) is 4. The molecule has 0 fully saturated rings. The van der Waals surface area contributed by atoms with Crippen molar-refractivity contribution >= 4 is 5.91 Å². The Morgan fingerprint density at radius 2 is 1.93 bits per heavy atom. The number of nitrogens with one attached hydrogen (secondary N) is 2. The van der Waals surface area contributed by atoms with Gasteiger partial charge in [0.15, 0.2) is 0 Å². The largest absolute Gasteiger partial charge is 0.497 e. The predicted molar refractivity (Wildman–Crippen MR) is 104 cm³/mol. The molecule has 0 aliphatic rings. The zero-order valence-corrected chi connectivity index (χ0v) is 15.5. The number of benzene rings is 2. The van der Waals surface area contributed by atoms with Gasteiger partial charge in [-0.3, -0.25) is 9.89 Å². The van der Waals surface area contributed by atoms with E-state index in [9.17, 15) is 4.79 Å². The molecule has 0 bridgehead atoms. The van der Waals surface area contributed by atoms with Crippen molar-refractivity contribution in [3.8, 4) is 22.8 Å². The Hall–Kier alpha value is -3.28. The Balaban J connectivity index is 1.59. The number of ether oxygens (including phenoxy) is 2. The van der Waals surface area contributed by atoms with Crippen molar-refractivity contribution in [2.24, 2.45) is 0 Å². The average Bonchev–Trinajstić information content (AvgIpc) is 3.21. The van der Waals surface area contributed by atoms with E-state index in [1.165, 1.54) is 0 Å². The molecule has 0 aliphatic carbocycles. The summed E-state index contributed by atoms with van der Waals surface area (Å²) in [6, 6.07) is 17.0. The second-order valence-corrected chi connectivity index (χ2v) is 6.07. The van der Waals surface area contributed by atoms with Crippen LogP contribution in [0.25, 0.3) is 11.3 Å². The van der Waals surface area contributed by atoms with Crippen molar-refractivity contribution in [2.75, 3.05) is 13.7 Å². The van der Waals surface area contributed by atoms with Crippen molar-refractivity contribution in [1.29, 1.82) is 0 Å². The molecular formula is C21H23N3O3. The molecule has 0 aliphatic heterocycles. The average molecular weight is 365 g/mol. The Labute approximate surface area is 158 Å². The first-order valence-electron chi connectivity index (χ1n) is 8.89. The second kappa shape index (κ2) is 8.89. The first-order chi connectivity index (χ1) is 13.2. The molecule has 140 valence electrons. The molecule has 0 saturated carbocycles. The van der Waals surface area contributed by atoms with Gasteiger partial charge in [0.05, 0.1) is 19.4 Å². The molecule has 2 N–H and O–H groups in total. The summed E-state index contributed by atoms with van der Waals surface area (Å²) < 4.78 is 10.8. The van der Waals surface area contributed by atoms with Gasteiger partial charge in [-0.15, -0.1) is 0 Å². The number of rotatable bonds is 8. The summed E-state index contributed by atoms with van der Waals surface area (Å²) in [7, 11) is 1.62. The van der Waals surface area contributed by atoms with E-state index in [1.54, 1.807) is 13.2 Å². The monoisotopic (exact) mass is 365 g/mol. The summed E-state index contributed by atoms with van der Waals surface area (Å²) in [6.07, 6.45) is 0.972. The lowest BCUT2D eigenvalue weighted by molar-refractivity contribution is 0.0946. The minimum Gasteiger partial charge on any atom is -0.497 e. The second-order valence-electron chi connectivity index (χ2n) is 6.07. The van der Waals surface area contributed by atoms with E-state index in [4.69, 9.17) is 9.47 Å². The minimum atomic E-state index is -0.206. The van der Waals surface area contributed by atoms with Gasteiger partial charge in [-0.05, 0) is 42.3 Å². The van der Waals surface area contributed by atoms with E-state index in [1.807, 2.05) is 48.5 Å². The van der Waals surface area contributed by atoms with E-state index < -0.39 is 0 Å². The number of carbonyl (C=O) groups is 1. The van der Waals surface area contributed by atoms with Crippen LogP contribution < -0.4 is 14.8 Å². The lowest BCUT2D eigenvalue weighted by Crippen LogP contribution is -2.23. The molecule has 0 radical (unpaired) electrons. The van der Waals surface area contributed by atoms with Gasteiger partial charge in [-0.25, -0.2) is 0 Å². The molecule has 3 aromatic rings. The molecule has 3 rings (SSSR count). The van der Waals surface area contributed by atoms with E-state index in [-0.39, 0.29) is 5.91 Å². The molecule has 2 aromatic carbocycles. The van der Waals surface area contributed by atoms with Crippen LogP contribution in [-0.4, -0.2) is 29.8 Å². The molecule has 6 nitrogen and oxygen atoms in total. The Bertz CT molecular complexity index is 888. The van der Waals surface area contributed by atoms with Crippen LogP contribution in [0.4, 0.5) is 0 Å². The van der Waals surface area contributed by atoms with Gasteiger partial charge in [-0.1, -0.05) is 31.2 Å². The molecule has 0 spiro atoms. The fourth-order valence-corrected chi connectivity index (χ4v) is 2.57. The van der Waals surface area contributed by atoms with Crippen LogP contribution in [-0.2, 0) is 6.54 Å². The SMILES string of the molecule is CCCOc1ccc(CNC(=O)c2cc(-c3cccc(OC)c3)n[nH]2)cc1. The van der Waals surface area contributed by atoms with Crippen LogP contribution in [0.2, 0.25) is 0 Å². The number of carbonyl (C=O) groups excluding carboxylic acids is 1. The summed E-state index contributed by atoms with van der Waals surface area (Å²) in [5, 5.41) is 9.90. The van der Waals surface area contributed by atoms with Crippen molar-refractivity contribution in [2.45, 2.75) is 19.9 Å². The number of aromatic amines is 1. The number of H-pyrrole nitrogens is 1. The maximum atomic E-state index is 12.4. The molecule has 0 saturated heterocycles. The molecule has 6 heteroatoms. The first kappa shape index (κ1) is 18.5. The van der Waals surface area contributed by atoms with E-state index in [2.05, 4.69) is 22.4 Å². The third-order valence-electron chi connectivity index (χ3n) is 4.04. The minimum absolute atomic E-state index is 0.206. The lowest BCUT2D eigenvalue weighted by Gasteiger charge is -2.07. The quantitative estimate of drug-likeness (QED) is 0.636. The van der Waals surface area contributed by atoms with Gasteiger partial charge in [-0.2, -0.15) is 5.10 Å². The molecular weight excluding hydrogens is 342 g/mol. The molecule has 0 atom stereocenters. The zero-order valence-electron chi connectivity index (χ0n) is 15.5. The fraction of sp³-hybridized carbons (Fsp3) is 0.238. The number of methoxy groups -OCH3 is 1. The summed E-state index contributed by atoms with van der Waals surface area (Å²) >= 11 is 0. The van der Waals surface area contributed by atoms with Crippen LogP contribution in [0, 0.1) is 0 Å². The molecule has 1 amide bonds. The number of aromatic nitrogens is 2. The van der Waals surface area contributed by atoms with E-state index in [0.29, 0.717) is 24.5 Å². The molecule has 1 aromatic heterocycles. The zero-order chi connectivity index (χ0) is 19.1. The van der Waals surface area contributed by atoms with Gasteiger partial charge in [0.2, 0.25) is 0 Å². The van der Waals surface area contributed by atoms with E-state index in [0.717, 1.165) is 29.0 Å². The number of hydrogen-bond donors (Lipinski definition) is 2. The molecule has 27 heavy (non-hydrogen) atoms. The highest BCUT2D eigenvalue weighted by Gasteiger charge is 2.11. The normalized spacial score (nSPS) is 10.4. The fourth-order valence-electron chi connectivity index (χ4n) is 2.57. The highest BCUT2D eigenvalue weighted by atomic mass is 16.5. The maximum absolute atomic E-state index is 12.4.